The van der Waals surface area contributed by atoms with Gasteiger partial charge in [0, 0.05) is 4.88 Å². The van der Waals surface area contributed by atoms with E-state index in [0.717, 1.165) is 21.8 Å². The van der Waals surface area contributed by atoms with Crippen LogP contribution >= 0.6 is 11.3 Å². The first-order valence-electron chi connectivity index (χ1n) is 9.23. The third-order valence-corrected chi connectivity index (χ3v) is 6.14. The van der Waals surface area contributed by atoms with Gasteiger partial charge in [-0.15, -0.1) is 11.3 Å². The Bertz CT molecular complexity index is 1280. The van der Waals surface area contributed by atoms with Crippen molar-refractivity contribution < 1.29 is 4.79 Å². The molecule has 0 saturated heterocycles. The van der Waals surface area contributed by atoms with Crippen molar-refractivity contribution in [3.63, 3.8) is 0 Å². The van der Waals surface area contributed by atoms with E-state index in [1.165, 1.54) is 22.2 Å². The third-order valence-electron chi connectivity index (χ3n) is 5.03. The zero-order valence-corrected chi connectivity index (χ0v) is 17.5. The molecule has 0 aliphatic heterocycles. The monoisotopic (exact) mass is 407 g/mol. The molecule has 7 nitrogen and oxygen atoms in total. The predicted octanol–water partition coefficient (Wildman–Crippen LogP) is 3.52. The number of nitrogens with zero attached hydrogens (tertiary/aromatic N) is 4. The second-order valence-electron chi connectivity index (χ2n) is 6.98. The molecule has 3 heterocycles. The van der Waals surface area contributed by atoms with Crippen LogP contribution in [0.5, 0.6) is 0 Å². The van der Waals surface area contributed by atoms with E-state index >= 15 is 0 Å². The Morgan fingerprint density at radius 1 is 1.14 bits per heavy atom. The first-order chi connectivity index (χ1) is 13.9. The minimum Gasteiger partial charge on any atom is -0.321 e. The van der Waals surface area contributed by atoms with Gasteiger partial charge in [-0.25, -0.2) is 9.67 Å². The van der Waals surface area contributed by atoms with E-state index in [4.69, 9.17) is 0 Å². The van der Waals surface area contributed by atoms with Gasteiger partial charge >= 0.3 is 0 Å². The fourth-order valence-electron chi connectivity index (χ4n) is 3.36. The van der Waals surface area contributed by atoms with E-state index in [0.29, 0.717) is 21.6 Å². The lowest BCUT2D eigenvalue weighted by Gasteiger charge is -2.08. The van der Waals surface area contributed by atoms with Crippen LogP contribution in [0.4, 0.5) is 5.69 Å². The van der Waals surface area contributed by atoms with Gasteiger partial charge in [0.1, 0.15) is 11.4 Å². The number of para-hydroxylation sites is 1. The van der Waals surface area contributed by atoms with Gasteiger partial charge in [-0.05, 0) is 45.4 Å². The fourth-order valence-corrected chi connectivity index (χ4v) is 4.35. The maximum Gasteiger partial charge on any atom is 0.262 e. The van der Waals surface area contributed by atoms with Gasteiger partial charge < -0.3 is 5.32 Å². The number of rotatable bonds is 4. The van der Waals surface area contributed by atoms with Crippen LogP contribution in [0.2, 0.25) is 0 Å². The number of carbonyl (C=O) groups is 1. The van der Waals surface area contributed by atoms with E-state index in [1.807, 2.05) is 58.0 Å². The molecule has 1 N–H and O–H groups in total. The van der Waals surface area contributed by atoms with Crippen LogP contribution in [0, 0.1) is 27.7 Å². The molecule has 148 valence electrons. The number of benzene rings is 1. The van der Waals surface area contributed by atoms with Crippen LogP contribution in [0.3, 0.4) is 0 Å². The summed E-state index contributed by atoms with van der Waals surface area (Å²) in [4.78, 5) is 31.6. The first kappa shape index (κ1) is 19.1. The molecule has 1 amide bonds. The van der Waals surface area contributed by atoms with E-state index in [9.17, 15) is 9.59 Å². The predicted molar refractivity (Wildman–Crippen MR) is 115 cm³/mol. The molecule has 0 radical (unpaired) electrons. The lowest BCUT2D eigenvalue weighted by Crippen LogP contribution is -2.28. The summed E-state index contributed by atoms with van der Waals surface area (Å²) in [6, 6.07) is 9.73. The van der Waals surface area contributed by atoms with Crippen LogP contribution in [-0.2, 0) is 11.3 Å². The number of hydrogen-bond acceptors (Lipinski definition) is 5. The van der Waals surface area contributed by atoms with Crippen molar-refractivity contribution in [2.24, 2.45) is 0 Å². The minimum atomic E-state index is -0.295. The van der Waals surface area contributed by atoms with Crippen molar-refractivity contribution >= 4 is 33.1 Å². The smallest absolute Gasteiger partial charge is 0.262 e. The quantitative estimate of drug-likeness (QED) is 0.561. The van der Waals surface area contributed by atoms with Gasteiger partial charge in [0.2, 0.25) is 5.91 Å². The van der Waals surface area contributed by atoms with Crippen molar-refractivity contribution in [3.05, 3.63) is 68.8 Å². The maximum absolute atomic E-state index is 12.8. The molecule has 0 atom stereocenters. The molecule has 0 saturated carbocycles. The molecule has 1 aromatic carbocycles. The Kier molecular flexibility index (Phi) is 4.79. The van der Waals surface area contributed by atoms with E-state index in [-0.39, 0.29) is 18.0 Å². The zero-order chi connectivity index (χ0) is 20.7. The molecule has 0 bridgehead atoms. The number of nitrogens with one attached hydrogen (secondary N) is 1. The highest BCUT2D eigenvalue weighted by Gasteiger charge is 2.17. The van der Waals surface area contributed by atoms with Gasteiger partial charge in [0.25, 0.3) is 5.56 Å². The van der Waals surface area contributed by atoms with Gasteiger partial charge in [-0.3, -0.25) is 14.2 Å². The first-order valence-corrected chi connectivity index (χ1v) is 10.0. The zero-order valence-electron chi connectivity index (χ0n) is 16.7. The summed E-state index contributed by atoms with van der Waals surface area (Å²) in [5.74, 6) is -0.295. The van der Waals surface area contributed by atoms with Crippen LogP contribution in [-0.4, -0.2) is 25.2 Å². The van der Waals surface area contributed by atoms with Crippen LogP contribution < -0.4 is 10.9 Å². The summed E-state index contributed by atoms with van der Waals surface area (Å²) in [7, 11) is 0. The number of thiophene rings is 1. The Morgan fingerprint density at radius 2 is 1.86 bits per heavy atom. The molecule has 29 heavy (non-hydrogen) atoms. The number of amides is 1. The molecule has 0 aliphatic carbocycles. The van der Waals surface area contributed by atoms with Crippen molar-refractivity contribution in [3.8, 4) is 5.69 Å². The number of aryl methyl sites for hydroxylation is 3. The molecule has 0 unspecified atom stereocenters. The summed E-state index contributed by atoms with van der Waals surface area (Å²) in [6.07, 6.45) is 1.44. The Hall–Kier alpha value is -3.26. The summed E-state index contributed by atoms with van der Waals surface area (Å²) < 4.78 is 3.14. The maximum atomic E-state index is 12.8. The number of hydrogen-bond donors (Lipinski definition) is 1. The minimum absolute atomic E-state index is 0.106. The van der Waals surface area contributed by atoms with Gasteiger partial charge in [0.05, 0.1) is 34.5 Å². The van der Waals surface area contributed by atoms with Crippen LogP contribution in [0.25, 0.3) is 15.9 Å². The standard InChI is InChI=1S/C21H21N5O2S/c1-12-15(4)29-20-18(12)21(28)25(11-22-20)10-17(27)23-19-13(2)24-26(14(19)3)16-8-6-5-7-9-16/h5-9,11H,10H2,1-4H3,(H,23,27). The molecule has 4 rings (SSSR count). The molecule has 0 fully saturated rings. The molecular weight excluding hydrogens is 386 g/mol. The van der Waals surface area contributed by atoms with Crippen LogP contribution in [0.1, 0.15) is 21.8 Å². The molecule has 0 spiro atoms. The number of fused-ring (bicyclic) bond motifs is 1. The molecule has 4 aromatic rings. The van der Waals surface area contributed by atoms with Gasteiger partial charge in [0.15, 0.2) is 0 Å². The number of anilines is 1. The van der Waals surface area contributed by atoms with E-state index < -0.39 is 0 Å². The van der Waals surface area contributed by atoms with Crippen molar-refractivity contribution in [1.29, 1.82) is 0 Å². The largest absolute Gasteiger partial charge is 0.321 e. The highest BCUT2D eigenvalue weighted by Crippen LogP contribution is 2.25. The van der Waals surface area contributed by atoms with E-state index in [2.05, 4.69) is 15.4 Å². The average Bonchev–Trinajstić information content (AvgIpc) is 3.15. The highest BCUT2D eigenvalue weighted by atomic mass is 32.1. The lowest BCUT2D eigenvalue weighted by molar-refractivity contribution is -0.116. The summed E-state index contributed by atoms with van der Waals surface area (Å²) in [5, 5.41) is 8.03. The molecular formula is C21H21N5O2S. The number of carbonyl (C=O) groups excluding carboxylic acids is 1. The SMILES string of the molecule is Cc1nn(-c2ccccc2)c(C)c1NC(=O)Cn1cnc2sc(C)c(C)c2c1=O. The Balaban J connectivity index is 1.61. The second kappa shape index (κ2) is 7.29. The fraction of sp³-hybridized carbons (Fsp3) is 0.238. The Morgan fingerprint density at radius 3 is 2.59 bits per heavy atom. The lowest BCUT2D eigenvalue weighted by atomic mass is 10.2. The summed E-state index contributed by atoms with van der Waals surface area (Å²) in [5.41, 5.74) is 3.84. The summed E-state index contributed by atoms with van der Waals surface area (Å²) >= 11 is 1.49. The molecule has 0 aliphatic rings. The summed E-state index contributed by atoms with van der Waals surface area (Å²) in [6.45, 7) is 7.52. The average molecular weight is 407 g/mol. The van der Waals surface area contributed by atoms with Crippen molar-refractivity contribution in [1.82, 2.24) is 19.3 Å². The Labute approximate surface area is 171 Å². The number of aromatic nitrogens is 4. The molecule has 3 aromatic heterocycles. The van der Waals surface area contributed by atoms with E-state index in [1.54, 1.807) is 4.68 Å². The molecule has 8 heteroatoms. The van der Waals surface area contributed by atoms with Gasteiger partial charge in [-0.2, -0.15) is 5.10 Å². The van der Waals surface area contributed by atoms with Crippen molar-refractivity contribution in [2.45, 2.75) is 34.2 Å². The normalized spacial score (nSPS) is 11.2. The highest BCUT2D eigenvalue weighted by molar-refractivity contribution is 7.18. The van der Waals surface area contributed by atoms with Crippen LogP contribution in [0.15, 0.2) is 41.5 Å². The van der Waals surface area contributed by atoms with Gasteiger partial charge in [-0.1, -0.05) is 18.2 Å². The topological polar surface area (TPSA) is 81.8 Å². The van der Waals surface area contributed by atoms with Crippen molar-refractivity contribution in [2.75, 3.05) is 5.32 Å². The third kappa shape index (κ3) is 3.36. The second-order valence-corrected chi connectivity index (χ2v) is 8.19.